The number of rotatable bonds is 4. The number of carbonyl (C=O) groups is 2. The average Bonchev–Trinajstić information content (AvgIpc) is 2.53. The number of ketones is 1. The van der Waals surface area contributed by atoms with Crippen LogP contribution in [-0.2, 0) is 10.1 Å². The van der Waals surface area contributed by atoms with Gasteiger partial charge in [0, 0.05) is 16.5 Å². The van der Waals surface area contributed by atoms with E-state index in [4.69, 9.17) is 4.74 Å². The second kappa shape index (κ2) is 6.48. The highest BCUT2D eigenvalue weighted by Crippen LogP contribution is 2.17. The molecule has 0 bridgehead atoms. The van der Waals surface area contributed by atoms with Gasteiger partial charge in [-0.1, -0.05) is 58.4 Å². The van der Waals surface area contributed by atoms with Gasteiger partial charge in [0.25, 0.3) is 0 Å². The molecule has 102 valence electrons. The quantitative estimate of drug-likeness (QED) is 0.488. The first-order valence-corrected chi connectivity index (χ1v) is 7.16. The summed E-state index contributed by atoms with van der Waals surface area (Å²) in [6, 6.07) is 13.9. The number of benzene rings is 2. The molecule has 3 nitrogen and oxygen atoms in total. The molecule has 0 amide bonds. The predicted octanol–water partition coefficient (Wildman–Crippen LogP) is 3.60. The summed E-state index contributed by atoms with van der Waals surface area (Å²) >= 11 is 3.36. The number of esters is 1. The molecular formula is C16H13BrO3. The maximum absolute atomic E-state index is 12.5. The fourth-order valence-corrected chi connectivity index (χ4v) is 2.24. The minimum absolute atomic E-state index is 0.188. The summed E-state index contributed by atoms with van der Waals surface area (Å²) in [6.45, 7) is 0. The Balaban J connectivity index is 2.40. The molecule has 0 aliphatic carbocycles. The molecule has 0 N–H and O–H groups in total. The third kappa shape index (κ3) is 2.96. The van der Waals surface area contributed by atoms with Gasteiger partial charge in [0.15, 0.2) is 5.78 Å². The molecule has 0 saturated carbocycles. The fraction of sp³-hybridized carbons (Fsp3) is 0.125. The van der Waals surface area contributed by atoms with Crippen LogP contribution in [0.25, 0.3) is 0 Å². The molecule has 0 aliphatic rings. The van der Waals surface area contributed by atoms with E-state index in [0.717, 1.165) is 10.9 Å². The normalized spacial score (nSPS) is 10.1. The first kappa shape index (κ1) is 14.5. The van der Waals surface area contributed by atoms with E-state index < -0.39 is 5.97 Å². The summed E-state index contributed by atoms with van der Waals surface area (Å²) in [5.74, 6) is -0.696. The zero-order valence-electron chi connectivity index (χ0n) is 10.9. The highest BCUT2D eigenvalue weighted by Gasteiger charge is 2.18. The van der Waals surface area contributed by atoms with E-state index in [1.54, 1.807) is 36.4 Å². The number of alkyl halides is 1. The largest absolute Gasteiger partial charge is 0.465 e. The van der Waals surface area contributed by atoms with Crippen molar-refractivity contribution in [3.8, 4) is 0 Å². The molecule has 0 aliphatic heterocycles. The summed E-state index contributed by atoms with van der Waals surface area (Å²) < 4.78 is 4.70. The van der Waals surface area contributed by atoms with Crippen LogP contribution in [0.1, 0.15) is 31.8 Å². The molecule has 20 heavy (non-hydrogen) atoms. The molecule has 0 unspecified atom stereocenters. The minimum Gasteiger partial charge on any atom is -0.465 e. The number of ether oxygens (including phenoxy) is 1. The molecule has 0 spiro atoms. The third-order valence-corrected chi connectivity index (χ3v) is 3.59. The standard InChI is InChI=1S/C16H13BrO3/c1-20-16(19)14-5-3-2-4-13(14)15(18)12-8-6-11(10-17)7-9-12/h2-9H,10H2,1H3. The lowest BCUT2D eigenvalue weighted by Gasteiger charge is -2.07. The van der Waals surface area contributed by atoms with E-state index in [0.29, 0.717) is 11.1 Å². The van der Waals surface area contributed by atoms with Crippen LogP contribution in [0.4, 0.5) is 0 Å². The van der Waals surface area contributed by atoms with Crippen LogP contribution in [0.15, 0.2) is 48.5 Å². The van der Waals surface area contributed by atoms with Crippen molar-refractivity contribution in [2.24, 2.45) is 0 Å². The predicted molar refractivity (Wildman–Crippen MR) is 80.3 cm³/mol. The van der Waals surface area contributed by atoms with E-state index in [1.165, 1.54) is 7.11 Å². The zero-order chi connectivity index (χ0) is 14.5. The van der Waals surface area contributed by atoms with Crippen molar-refractivity contribution in [1.82, 2.24) is 0 Å². The maximum Gasteiger partial charge on any atom is 0.338 e. The zero-order valence-corrected chi connectivity index (χ0v) is 12.5. The topological polar surface area (TPSA) is 43.4 Å². The Morgan fingerprint density at radius 3 is 2.15 bits per heavy atom. The Morgan fingerprint density at radius 1 is 1.00 bits per heavy atom. The van der Waals surface area contributed by atoms with Crippen molar-refractivity contribution in [3.63, 3.8) is 0 Å². The van der Waals surface area contributed by atoms with Gasteiger partial charge in [0.2, 0.25) is 0 Å². The Morgan fingerprint density at radius 2 is 1.60 bits per heavy atom. The molecule has 0 fully saturated rings. The van der Waals surface area contributed by atoms with Gasteiger partial charge < -0.3 is 4.74 Å². The number of methoxy groups -OCH3 is 1. The van der Waals surface area contributed by atoms with E-state index in [2.05, 4.69) is 15.9 Å². The van der Waals surface area contributed by atoms with Crippen molar-refractivity contribution >= 4 is 27.7 Å². The van der Waals surface area contributed by atoms with E-state index >= 15 is 0 Å². The molecular weight excluding hydrogens is 320 g/mol. The van der Waals surface area contributed by atoms with Gasteiger partial charge in [-0.05, 0) is 11.6 Å². The molecule has 2 rings (SSSR count). The van der Waals surface area contributed by atoms with Crippen LogP contribution < -0.4 is 0 Å². The van der Waals surface area contributed by atoms with Crippen molar-refractivity contribution in [1.29, 1.82) is 0 Å². The fourth-order valence-electron chi connectivity index (χ4n) is 1.87. The summed E-state index contributed by atoms with van der Waals surface area (Å²) in [6.07, 6.45) is 0. The second-order valence-electron chi connectivity index (χ2n) is 4.20. The Bertz CT molecular complexity index is 632. The Labute approximate surface area is 125 Å². The molecule has 2 aromatic rings. The summed E-state index contributed by atoms with van der Waals surface area (Å²) in [7, 11) is 1.30. The number of hydrogen-bond donors (Lipinski definition) is 0. The van der Waals surface area contributed by atoms with Gasteiger partial charge in [-0.3, -0.25) is 4.79 Å². The molecule has 0 saturated heterocycles. The van der Waals surface area contributed by atoms with Crippen LogP contribution in [0.2, 0.25) is 0 Å². The highest BCUT2D eigenvalue weighted by atomic mass is 79.9. The second-order valence-corrected chi connectivity index (χ2v) is 4.76. The van der Waals surface area contributed by atoms with Gasteiger partial charge >= 0.3 is 5.97 Å². The number of halogens is 1. The molecule has 4 heteroatoms. The summed E-state index contributed by atoms with van der Waals surface area (Å²) in [5, 5.41) is 0.736. The smallest absolute Gasteiger partial charge is 0.338 e. The first-order valence-electron chi connectivity index (χ1n) is 6.04. The number of carbonyl (C=O) groups excluding carboxylic acids is 2. The molecule has 0 radical (unpaired) electrons. The Kier molecular flexibility index (Phi) is 4.69. The average molecular weight is 333 g/mol. The molecule has 0 heterocycles. The maximum atomic E-state index is 12.5. The van der Waals surface area contributed by atoms with Crippen LogP contribution in [0, 0.1) is 0 Å². The molecule has 0 aromatic heterocycles. The van der Waals surface area contributed by atoms with Crippen LogP contribution in [-0.4, -0.2) is 18.9 Å². The highest BCUT2D eigenvalue weighted by molar-refractivity contribution is 9.08. The van der Waals surface area contributed by atoms with Gasteiger partial charge in [0.1, 0.15) is 0 Å². The van der Waals surface area contributed by atoms with Crippen molar-refractivity contribution in [2.45, 2.75) is 5.33 Å². The van der Waals surface area contributed by atoms with E-state index in [9.17, 15) is 9.59 Å². The Hall–Kier alpha value is -1.94. The first-order chi connectivity index (χ1) is 9.67. The van der Waals surface area contributed by atoms with Gasteiger partial charge in [-0.15, -0.1) is 0 Å². The van der Waals surface area contributed by atoms with Gasteiger partial charge in [0.05, 0.1) is 12.7 Å². The van der Waals surface area contributed by atoms with Gasteiger partial charge in [-0.25, -0.2) is 4.79 Å². The van der Waals surface area contributed by atoms with Crippen molar-refractivity contribution < 1.29 is 14.3 Å². The summed E-state index contributed by atoms with van der Waals surface area (Å²) in [5.41, 5.74) is 2.27. The van der Waals surface area contributed by atoms with Crippen LogP contribution in [0.5, 0.6) is 0 Å². The molecule has 0 atom stereocenters. The van der Waals surface area contributed by atoms with Gasteiger partial charge in [-0.2, -0.15) is 0 Å². The van der Waals surface area contributed by atoms with Crippen LogP contribution >= 0.6 is 15.9 Å². The van der Waals surface area contributed by atoms with Crippen molar-refractivity contribution in [2.75, 3.05) is 7.11 Å². The minimum atomic E-state index is -0.508. The third-order valence-electron chi connectivity index (χ3n) is 2.95. The lowest BCUT2D eigenvalue weighted by Crippen LogP contribution is -2.11. The SMILES string of the molecule is COC(=O)c1ccccc1C(=O)c1ccc(CBr)cc1. The number of hydrogen-bond acceptors (Lipinski definition) is 3. The van der Waals surface area contributed by atoms with Crippen molar-refractivity contribution in [3.05, 3.63) is 70.8 Å². The lowest BCUT2D eigenvalue weighted by molar-refractivity contribution is 0.0597. The molecule has 2 aromatic carbocycles. The lowest BCUT2D eigenvalue weighted by atomic mass is 9.98. The van der Waals surface area contributed by atoms with E-state index in [1.807, 2.05) is 12.1 Å². The van der Waals surface area contributed by atoms with Crippen LogP contribution in [0.3, 0.4) is 0 Å². The summed E-state index contributed by atoms with van der Waals surface area (Å²) in [4.78, 5) is 24.2. The van der Waals surface area contributed by atoms with E-state index in [-0.39, 0.29) is 11.3 Å². The monoisotopic (exact) mass is 332 g/mol.